The van der Waals surface area contributed by atoms with E-state index in [1.54, 1.807) is 49.9 Å². The third-order valence-electron chi connectivity index (χ3n) is 5.09. The van der Waals surface area contributed by atoms with E-state index in [2.05, 4.69) is 4.98 Å². The lowest BCUT2D eigenvalue weighted by molar-refractivity contribution is 0.0588. The van der Waals surface area contributed by atoms with Crippen LogP contribution in [0, 0.1) is 13.8 Å². The Labute approximate surface area is 177 Å². The lowest BCUT2D eigenvalue weighted by atomic mass is 9.99. The van der Waals surface area contributed by atoms with Gasteiger partial charge >= 0.3 is 5.97 Å². The number of nitrogens with one attached hydrogen (secondary N) is 1. The Bertz CT molecular complexity index is 888. The zero-order chi connectivity index (χ0) is 22.3. The molecule has 1 aromatic carbocycles. The van der Waals surface area contributed by atoms with E-state index in [4.69, 9.17) is 9.47 Å². The molecular formula is C23H30N2O5. The minimum absolute atomic E-state index is 0.216. The number of aryl methyl sites for hydroxylation is 1. The van der Waals surface area contributed by atoms with Gasteiger partial charge in [-0.2, -0.15) is 0 Å². The van der Waals surface area contributed by atoms with E-state index in [1.165, 1.54) is 7.11 Å². The molecule has 1 amide bonds. The van der Waals surface area contributed by atoms with Gasteiger partial charge in [0.05, 0.1) is 13.2 Å². The summed E-state index contributed by atoms with van der Waals surface area (Å²) in [5.41, 5.74) is 2.29. The van der Waals surface area contributed by atoms with Crippen LogP contribution >= 0.6 is 0 Å². The van der Waals surface area contributed by atoms with Gasteiger partial charge in [-0.3, -0.25) is 9.59 Å². The lowest BCUT2D eigenvalue weighted by Crippen LogP contribution is -2.44. The SMILES string of the molecule is CCOCCCN(C(=O)c1ccccc1)[C@@H](C)C(=O)c1c(C)[nH]c(C(=O)OC)c1C. The summed E-state index contributed by atoms with van der Waals surface area (Å²) in [6.45, 7) is 8.55. The highest BCUT2D eigenvalue weighted by Gasteiger charge is 2.31. The van der Waals surface area contributed by atoms with Gasteiger partial charge in [0.2, 0.25) is 0 Å². The fourth-order valence-corrected chi connectivity index (χ4v) is 3.48. The summed E-state index contributed by atoms with van der Waals surface area (Å²) in [7, 11) is 1.29. The number of ether oxygens (including phenoxy) is 2. The summed E-state index contributed by atoms with van der Waals surface area (Å²) >= 11 is 0. The van der Waals surface area contributed by atoms with Gasteiger partial charge in [0.15, 0.2) is 5.78 Å². The molecule has 0 radical (unpaired) electrons. The molecule has 30 heavy (non-hydrogen) atoms. The number of methoxy groups -OCH3 is 1. The average Bonchev–Trinajstić information content (AvgIpc) is 3.06. The van der Waals surface area contributed by atoms with E-state index in [0.29, 0.717) is 48.6 Å². The van der Waals surface area contributed by atoms with Gasteiger partial charge in [0.1, 0.15) is 5.69 Å². The number of rotatable bonds is 10. The molecule has 0 bridgehead atoms. The van der Waals surface area contributed by atoms with Crippen LogP contribution in [0.5, 0.6) is 0 Å². The fourth-order valence-electron chi connectivity index (χ4n) is 3.48. The molecule has 7 nitrogen and oxygen atoms in total. The molecule has 2 rings (SSSR count). The highest BCUT2D eigenvalue weighted by molar-refractivity contribution is 6.07. The summed E-state index contributed by atoms with van der Waals surface area (Å²) in [6.07, 6.45) is 0.614. The van der Waals surface area contributed by atoms with Gasteiger partial charge in [-0.25, -0.2) is 4.79 Å². The molecule has 0 spiro atoms. The molecule has 1 N–H and O–H groups in total. The highest BCUT2D eigenvalue weighted by atomic mass is 16.5. The zero-order valence-electron chi connectivity index (χ0n) is 18.3. The molecule has 0 saturated carbocycles. The van der Waals surface area contributed by atoms with Gasteiger partial charge in [-0.15, -0.1) is 0 Å². The van der Waals surface area contributed by atoms with E-state index in [9.17, 15) is 14.4 Å². The van der Waals surface area contributed by atoms with E-state index >= 15 is 0 Å². The van der Waals surface area contributed by atoms with Gasteiger partial charge in [-0.05, 0) is 51.8 Å². The molecule has 1 heterocycles. The number of H-pyrrole nitrogens is 1. The fraction of sp³-hybridized carbons (Fsp3) is 0.435. The van der Waals surface area contributed by atoms with Gasteiger partial charge in [0.25, 0.3) is 5.91 Å². The first kappa shape index (κ1) is 23.3. The number of aromatic nitrogens is 1. The largest absolute Gasteiger partial charge is 0.464 e. The molecule has 0 fully saturated rings. The molecule has 0 aliphatic carbocycles. The van der Waals surface area contributed by atoms with Crippen LogP contribution in [0.1, 0.15) is 62.7 Å². The Balaban J connectivity index is 2.33. The second kappa shape index (κ2) is 10.7. The summed E-state index contributed by atoms with van der Waals surface area (Å²) in [6, 6.07) is 8.18. The molecule has 1 aromatic heterocycles. The first-order valence-electron chi connectivity index (χ1n) is 10.1. The van der Waals surface area contributed by atoms with Crippen LogP contribution < -0.4 is 0 Å². The average molecular weight is 415 g/mol. The van der Waals surface area contributed by atoms with Crippen molar-refractivity contribution in [3.63, 3.8) is 0 Å². The standard InChI is InChI=1S/C23H30N2O5/c1-6-30-14-10-13-25(22(27)18-11-8-7-9-12-18)17(4)21(26)19-15(2)20(23(28)29-5)24-16(19)3/h7-9,11-12,17,24H,6,10,13-14H2,1-5H3/t17-/m0/s1. The monoisotopic (exact) mass is 414 g/mol. The normalized spacial score (nSPS) is 11.8. The van der Waals surface area contributed by atoms with E-state index in [-0.39, 0.29) is 17.4 Å². The number of amides is 1. The quantitative estimate of drug-likeness (QED) is 0.365. The van der Waals surface area contributed by atoms with Crippen molar-refractivity contribution in [2.75, 3.05) is 26.9 Å². The Morgan fingerprint density at radius 3 is 2.40 bits per heavy atom. The molecule has 0 aliphatic heterocycles. The third-order valence-corrected chi connectivity index (χ3v) is 5.09. The van der Waals surface area contributed by atoms with Crippen LogP contribution in [0.25, 0.3) is 0 Å². The summed E-state index contributed by atoms with van der Waals surface area (Å²) in [5.74, 6) is -0.972. The van der Waals surface area contributed by atoms with Crippen molar-refractivity contribution >= 4 is 17.7 Å². The Morgan fingerprint density at radius 1 is 1.13 bits per heavy atom. The molecule has 1 atom stereocenters. The minimum atomic E-state index is -0.710. The molecule has 0 aliphatic rings. The van der Waals surface area contributed by atoms with Crippen molar-refractivity contribution in [1.29, 1.82) is 0 Å². The number of ketones is 1. The van der Waals surface area contributed by atoms with Gasteiger partial charge < -0.3 is 19.4 Å². The molecule has 162 valence electrons. The second-order valence-electron chi connectivity index (χ2n) is 7.07. The maximum Gasteiger partial charge on any atom is 0.354 e. The van der Waals surface area contributed by atoms with Crippen LogP contribution in [-0.2, 0) is 9.47 Å². The molecule has 7 heteroatoms. The van der Waals surface area contributed by atoms with Crippen LogP contribution in [0.2, 0.25) is 0 Å². The Morgan fingerprint density at radius 2 is 1.80 bits per heavy atom. The topological polar surface area (TPSA) is 88.7 Å². The number of aromatic amines is 1. The van der Waals surface area contributed by atoms with Crippen molar-refractivity contribution in [2.45, 2.75) is 40.2 Å². The van der Waals surface area contributed by atoms with Crippen LogP contribution in [0.4, 0.5) is 0 Å². The second-order valence-corrected chi connectivity index (χ2v) is 7.07. The number of benzene rings is 1. The maximum absolute atomic E-state index is 13.4. The Kier molecular flexibility index (Phi) is 8.35. The lowest BCUT2D eigenvalue weighted by Gasteiger charge is -2.29. The number of hydrogen-bond acceptors (Lipinski definition) is 5. The van der Waals surface area contributed by atoms with Crippen molar-refractivity contribution < 1.29 is 23.9 Å². The maximum atomic E-state index is 13.4. The highest BCUT2D eigenvalue weighted by Crippen LogP contribution is 2.23. The van der Waals surface area contributed by atoms with Gasteiger partial charge in [-0.1, -0.05) is 18.2 Å². The first-order chi connectivity index (χ1) is 14.3. The number of nitrogens with zero attached hydrogens (tertiary/aromatic N) is 1. The molecular weight excluding hydrogens is 384 g/mol. The molecule has 0 unspecified atom stereocenters. The zero-order valence-corrected chi connectivity index (χ0v) is 18.3. The molecule has 0 saturated heterocycles. The van der Waals surface area contributed by atoms with Crippen molar-refractivity contribution in [3.05, 3.63) is 58.4 Å². The number of hydrogen-bond donors (Lipinski definition) is 1. The summed E-state index contributed by atoms with van der Waals surface area (Å²) < 4.78 is 10.2. The van der Waals surface area contributed by atoms with Gasteiger partial charge in [0, 0.05) is 36.6 Å². The van der Waals surface area contributed by atoms with Crippen molar-refractivity contribution in [3.8, 4) is 0 Å². The first-order valence-corrected chi connectivity index (χ1v) is 10.1. The third kappa shape index (κ3) is 5.16. The number of carbonyl (C=O) groups excluding carboxylic acids is 3. The Hall–Kier alpha value is -2.93. The predicted molar refractivity (Wildman–Crippen MR) is 114 cm³/mol. The van der Waals surface area contributed by atoms with Crippen molar-refractivity contribution in [1.82, 2.24) is 9.88 Å². The van der Waals surface area contributed by atoms with Crippen LogP contribution in [0.3, 0.4) is 0 Å². The number of Topliss-reactive ketones (excluding diaryl/α,β-unsaturated/α-hetero) is 1. The van der Waals surface area contributed by atoms with E-state index in [1.807, 2.05) is 13.0 Å². The minimum Gasteiger partial charge on any atom is -0.464 e. The summed E-state index contributed by atoms with van der Waals surface area (Å²) in [4.78, 5) is 43.0. The molecule has 2 aromatic rings. The predicted octanol–water partition coefficient (Wildman–Crippen LogP) is 3.56. The van der Waals surface area contributed by atoms with E-state index < -0.39 is 12.0 Å². The van der Waals surface area contributed by atoms with Crippen molar-refractivity contribution in [2.24, 2.45) is 0 Å². The van der Waals surface area contributed by atoms with Crippen LogP contribution in [0.15, 0.2) is 30.3 Å². The number of carbonyl (C=O) groups is 3. The number of esters is 1. The van der Waals surface area contributed by atoms with E-state index in [0.717, 1.165) is 0 Å². The van der Waals surface area contributed by atoms with Crippen LogP contribution in [-0.4, -0.2) is 60.5 Å². The smallest absolute Gasteiger partial charge is 0.354 e. The summed E-state index contributed by atoms with van der Waals surface area (Å²) in [5, 5.41) is 0.